The quantitative estimate of drug-likeness (QED) is 0.258. The summed E-state index contributed by atoms with van der Waals surface area (Å²) in [7, 11) is 0. The van der Waals surface area contributed by atoms with Crippen LogP contribution < -0.4 is 0 Å². The minimum atomic E-state index is 0.983. The largest absolute Gasteiger partial charge is 0.355 e. The van der Waals surface area contributed by atoms with E-state index >= 15 is 0 Å². The van der Waals surface area contributed by atoms with Gasteiger partial charge in [0.15, 0.2) is 0 Å². The molecule has 0 aromatic carbocycles. The van der Waals surface area contributed by atoms with Gasteiger partial charge in [0.05, 0.1) is 16.9 Å². The van der Waals surface area contributed by atoms with Crippen LogP contribution in [0.15, 0.2) is 42.5 Å². The minimum Gasteiger partial charge on any atom is -0.355 e. The Morgan fingerprint density at radius 2 is 1.08 bits per heavy atom. The highest BCUT2D eigenvalue weighted by atomic mass is 14.8. The first-order chi connectivity index (χ1) is 17.7. The molecule has 190 valence electrons. The van der Waals surface area contributed by atoms with Crippen molar-refractivity contribution in [3.63, 3.8) is 0 Å². The van der Waals surface area contributed by atoms with E-state index < -0.39 is 0 Å². The van der Waals surface area contributed by atoms with E-state index in [-0.39, 0.29) is 0 Å². The van der Waals surface area contributed by atoms with Gasteiger partial charge in [-0.3, -0.25) is 0 Å². The predicted molar refractivity (Wildman–Crippen MR) is 160 cm³/mol. The smallest absolute Gasteiger partial charge is 0.0907 e. The van der Waals surface area contributed by atoms with E-state index in [1.54, 1.807) is 0 Å². The third-order valence-electron chi connectivity index (χ3n) is 8.31. The SMILES string of the molecule is CCc1c(C)c2cccc3nc(c4[nH]c(cccc5[nH]c(cc1[nH]2)c(CC)c5C)c(C)c4C)C(C)=C3C. The van der Waals surface area contributed by atoms with Crippen molar-refractivity contribution in [1.29, 1.82) is 0 Å². The van der Waals surface area contributed by atoms with Gasteiger partial charge < -0.3 is 15.0 Å². The van der Waals surface area contributed by atoms with Crippen molar-refractivity contribution in [2.45, 2.75) is 68.2 Å². The van der Waals surface area contributed by atoms with E-state index in [0.717, 1.165) is 46.3 Å². The molecular weight excluding hydrogens is 452 g/mol. The molecule has 0 radical (unpaired) electrons. The Kier molecular flexibility index (Phi) is 6.45. The fraction of sp³-hybridized carbons (Fsp3) is 0.303. The van der Waals surface area contributed by atoms with Crippen LogP contribution in [0.1, 0.15) is 72.5 Å². The number of aryl methyl sites for hydroxylation is 6. The summed E-state index contributed by atoms with van der Waals surface area (Å²) in [6.45, 7) is 17.6. The molecule has 4 aromatic heterocycles. The lowest BCUT2D eigenvalue weighted by Crippen LogP contribution is -1.82. The van der Waals surface area contributed by atoms with Crippen LogP contribution in [-0.2, 0) is 12.8 Å². The molecule has 0 fully saturated rings. The molecule has 0 unspecified atom stereocenters. The summed E-state index contributed by atoms with van der Waals surface area (Å²) in [6, 6.07) is 15.2. The van der Waals surface area contributed by atoms with Gasteiger partial charge in [-0.25, -0.2) is 4.98 Å². The number of H-pyrrole nitrogens is 3. The molecule has 1 aliphatic heterocycles. The highest BCUT2D eigenvalue weighted by Crippen LogP contribution is 2.33. The Labute approximate surface area is 219 Å². The Balaban J connectivity index is 1.92. The van der Waals surface area contributed by atoms with Crippen LogP contribution >= 0.6 is 0 Å². The highest BCUT2D eigenvalue weighted by Gasteiger charge is 2.17. The molecule has 37 heavy (non-hydrogen) atoms. The maximum Gasteiger partial charge on any atom is 0.0907 e. The normalized spacial score (nSPS) is 12.4. The van der Waals surface area contributed by atoms with Gasteiger partial charge in [-0.1, -0.05) is 26.0 Å². The maximum absolute atomic E-state index is 5.06. The fourth-order valence-electron chi connectivity index (χ4n) is 5.65. The van der Waals surface area contributed by atoms with Crippen molar-refractivity contribution in [3.05, 3.63) is 87.2 Å². The van der Waals surface area contributed by atoms with Crippen molar-refractivity contribution in [2.24, 2.45) is 0 Å². The van der Waals surface area contributed by atoms with Gasteiger partial charge in [0.25, 0.3) is 0 Å². The van der Waals surface area contributed by atoms with Crippen LogP contribution in [0.5, 0.6) is 0 Å². The van der Waals surface area contributed by atoms with Gasteiger partial charge in [-0.2, -0.15) is 0 Å². The highest BCUT2D eigenvalue weighted by molar-refractivity contribution is 5.96. The number of rotatable bonds is 2. The van der Waals surface area contributed by atoms with Crippen molar-refractivity contribution in [2.75, 3.05) is 0 Å². The zero-order chi connectivity index (χ0) is 26.4. The van der Waals surface area contributed by atoms with E-state index in [2.05, 4.69) is 113 Å². The summed E-state index contributed by atoms with van der Waals surface area (Å²) >= 11 is 0. The number of aromatic amines is 3. The van der Waals surface area contributed by atoms with Crippen LogP contribution in [-0.4, -0.2) is 19.9 Å². The maximum atomic E-state index is 5.06. The van der Waals surface area contributed by atoms with E-state index in [0.29, 0.717) is 0 Å². The second-order valence-corrected chi connectivity index (χ2v) is 10.3. The second-order valence-electron chi connectivity index (χ2n) is 10.3. The first-order valence-electron chi connectivity index (χ1n) is 13.4. The number of aromatic nitrogens is 4. The fourth-order valence-corrected chi connectivity index (χ4v) is 5.65. The van der Waals surface area contributed by atoms with Gasteiger partial charge in [-0.05, 0) is 129 Å². The number of fused-ring (bicyclic) bond motifs is 9. The Morgan fingerprint density at radius 3 is 1.62 bits per heavy atom. The van der Waals surface area contributed by atoms with Gasteiger partial charge in [0.1, 0.15) is 0 Å². The van der Waals surface area contributed by atoms with Crippen molar-refractivity contribution >= 4 is 44.2 Å². The molecule has 0 saturated carbocycles. The van der Waals surface area contributed by atoms with Crippen molar-refractivity contribution in [3.8, 4) is 0 Å². The van der Waals surface area contributed by atoms with Crippen LogP contribution in [0, 0.1) is 27.7 Å². The van der Waals surface area contributed by atoms with E-state index in [9.17, 15) is 0 Å². The van der Waals surface area contributed by atoms with Crippen molar-refractivity contribution in [1.82, 2.24) is 19.9 Å². The predicted octanol–water partition coefficient (Wildman–Crippen LogP) is 8.96. The molecule has 0 spiro atoms. The van der Waals surface area contributed by atoms with Gasteiger partial charge >= 0.3 is 0 Å². The molecule has 0 amide bonds. The summed E-state index contributed by atoms with van der Waals surface area (Å²) in [5, 5.41) is 0. The minimum absolute atomic E-state index is 0.983. The Bertz CT molecular complexity index is 1750. The average Bonchev–Trinajstić information content (AvgIpc) is 3.53. The first kappa shape index (κ1) is 24.9. The number of nitrogens with zero attached hydrogens (tertiary/aromatic N) is 1. The lowest BCUT2D eigenvalue weighted by molar-refractivity contribution is 1.14. The summed E-state index contributed by atoms with van der Waals surface area (Å²) in [5.41, 5.74) is 19.3. The third kappa shape index (κ3) is 4.15. The number of hydrogen-bond donors (Lipinski definition) is 3. The summed E-state index contributed by atoms with van der Waals surface area (Å²) in [6.07, 6.45) is 1.97. The van der Waals surface area contributed by atoms with Gasteiger partial charge in [0, 0.05) is 27.6 Å². The third-order valence-corrected chi connectivity index (χ3v) is 8.31. The summed E-state index contributed by atoms with van der Waals surface area (Å²) in [5.74, 6) is 0. The number of allylic oxidation sites excluding steroid dienone is 2. The molecule has 8 bridgehead atoms. The van der Waals surface area contributed by atoms with Gasteiger partial charge in [-0.15, -0.1) is 0 Å². The molecule has 4 nitrogen and oxygen atoms in total. The van der Waals surface area contributed by atoms with Crippen LogP contribution in [0.3, 0.4) is 0 Å². The topological polar surface area (TPSA) is 60.3 Å². The Morgan fingerprint density at radius 1 is 0.568 bits per heavy atom. The van der Waals surface area contributed by atoms with E-state index in [1.807, 2.05) is 0 Å². The second kappa shape index (κ2) is 9.59. The molecule has 5 rings (SSSR count). The first-order valence-corrected chi connectivity index (χ1v) is 13.4. The van der Waals surface area contributed by atoms with Crippen LogP contribution in [0.4, 0.5) is 0 Å². The summed E-state index contributed by atoms with van der Waals surface area (Å²) < 4.78 is 0. The van der Waals surface area contributed by atoms with E-state index in [1.165, 1.54) is 55.6 Å². The zero-order valence-corrected chi connectivity index (χ0v) is 23.4. The monoisotopic (exact) mass is 490 g/mol. The summed E-state index contributed by atoms with van der Waals surface area (Å²) in [4.78, 5) is 16.1. The van der Waals surface area contributed by atoms with Crippen LogP contribution in [0.25, 0.3) is 44.2 Å². The molecule has 1 aliphatic rings. The van der Waals surface area contributed by atoms with Crippen LogP contribution in [0.2, 0.25) is 0 Å². The molecule has 0 aliphatic carbocycles. The average molecular weight is 491 g/mol. The molecule has 0 atom stereocenters. The molecule has 3 N–H and O–H groups in total. The molecule has 0 saturated heterocycles. The Hall–Kier alpha value is -3.79. The van der Waals surface area contributed by atoms with Crippen molar-refractivity contribution < 1.29 is 0 Å². The molecule has 4 aromatic rings. The van der Waals surface area contributed by atoms with E-state index in [4.69, 9.17) is 4.98 Å². The number of nitrogens with one attached hydrogen (secondary N) is 3. The standard InChI is InChI=1S/C33H38N4/c1-9-24-22(7)28-15-11-13-26-18(3)20(5)32(36-26)33-21(6)19(4)27(37-33)14-12-16-29-23(8)25(10-2)31(35-29)17-30(24)34-28/h11-17,34-36H,9-10H2,1-8H3. The molecular formula is C33H38N4. The molecule has 4 heteroatoms. The lowest BCUT2D eigenvalue weighted by Gasteiger charge is -1.96. The number of hydrogen-bond acceptors (Lipinski definition) is 1. The lowest BCUT2D eigenvalue weighted by atomic mass is 10.1. The van der Waals surface area contributed by atoms with Gasteiger partial charge in [0.2, 0.25) is 0 Å². The zero-order valence-electron chi connectivity index (χ0n) is 23.4. The molecule has 5 heterocycles.